The Hall–Kier alpha value is -0.800. The quantitative estimate of drug-likeness (QED) is 0.576. The molecule has 0 amide bonds. The molecule has 1 aliphatic rings. The normalized spacial score (nSPS) is 14.5. The molecule has 0 saturated heterocycles. The van der Waals surface area contributed by atoms with Crippen LogP contribution in [0.15, 0.2) is 29.3 Å². The molecule has 0 spiro atoms. The molecule has 0 unspecified atom stereocenters. The number of amidine groups is 1. The van der Waals surface area contributed by atoms with Crippen LogP contribution in [0.1, 0.15) is 0 Å². The monoisotopic (exact) mass is 165 g/mol. The minimum absolute atomic E-state index is 1.09. The van der Waals surface area contributed by atoms with Gasteiger partial charge in [-0.1, -0.05) is 12.1 Å². The molecular formula is C8H9N2S+. The van der Waals surface area contributed by atoms with Gasteiger partial charge in [-0.25, -0.2) is 0 Å². The lowest BCUT2D eigenvalue weighted by atomic mass is 10.3. The third-order valence-corrected chi connectivity index (χ3v) is 2.28. The van der Waals surface area contributed by atoms with Gasteiger partial charge in [0.1, 0.15) is 5.69 Å². The summed E-state index contributed by atoms with van der Waals surface area (Å²) in [4.78, 5) is 4.39. The van der Waals surface area contributed by atoms with Crippen LogP contribution in [-0.2, 0) is 0 Å². The van der Waals surface area contributed by atoms with Gasteiger partial charge >= 0.3 is 0 Å². The molecule has 1 aromatic carbocycles. The first-order chi connectivity index (χ1) is 5.40. The van der Waals surface area contributed by atoms with Crippen LogP contribution in [0, 0.1) is 0 Å². The number of hydrogen-bond acceptors (Lipinski definition) is 2. The van der Waals surface area contributed by atoms with Gasteiger partial charge in [0.25, 0.3) is 5.17 Å². The highest BCUT2D eigenvalue weighted by atomic mass is 32.2. The van der Waals surface area contributed by atoms with E-state index < -0.39 is 0 Å². The molecule has 2 rings (SSSR count). The lowest BCUT2D eigenvalue weighted by molar-refractivity contribution is -0.432. The number of hydrogen-bond donors (Lipinski definition) is 1. The summed E-state index contributed by atoms with van der Waals surface area (Å²) in [7, 11) is 0. The number of aliphatic imine (C=N–C) groups is 1. The van der Waals surface area contributed by atoms with Crippen molar-refractivity contribution in [2.75, 3.05) is 6.26 Å². The van der Waals surface area contributed by atoms with E-state index in [0.717, 1.165) is 10.9 Å². The standard InChI is InChI=1S/C8H8N2S/c1-11-8-9-6-4-2-3-5-7(6)10-8/h2-5H,1H3,(H,9,10)/p+1. The van der Waals surface area contributed by atoms with Gasteiger partial charge in [0.05, 0.1) is 0 Å². The van der Waals surface area contributed by atoms with Crippen molar-refractivity contribution in [1.82, 2.24) is 0 Å². The summed E-state index contributed by atoms with van der Waals surface area (Å²) >= 11 is 1.68. The Morgan fingerprint density at radius 1 is 1.36 bits per heavy atom. The van der Waals surface area contributed by atoms with Crippen molar-refractivity contribution in [3.8, 4) is 0 Å². The highest BCUT2D eigenvalue weighted by molar-refractivity contribution is 8.12. The van der Waals surface area contributed by atoms with Crippen LogP contribution < -0.4 is 5.32 Å². The third-order valence-electron chi connectivity index (χ3n) is 1.66. The van der Waals surface area contributed by atoms with Crippen LogP contribution in [0.2, 0.25) is 0 Å². The van der Waals surface area contributed by atoms with E-state index >= 15 is 0 Å². The Bertz CT molecular complexity index is 307. The summed E-state index contributed by atoms with van der Waals surface area (Å²) in [6.45, 7) is 0. The second-order valence-corrected chi connectivity index (χ2v) is 3.18. The first-order valence-corrected chi connectivity index (χ1v) is 4.69. The average molecular weight is 165 g/mol. The fourth-order valence-electron chi connectivity index (χ4n) is 1.10. The van der Waals surface area contributed by atoms with Crippen LogP contribution in [0.4, 0.5) is 11.4 Å². The molecular weight excluding hydrogens is 156 g/mol. The SMILES string of the molecule is CSC1=Nc2ccccc2[NH2+]1. The first kappa shape index (κ1) is 6.88. The number of rotatable bonds is 0. The van der Waals surface area contributed by atoms with Crippen LogP contribution in [0.25, 0.3) is 0 Å². The summed E-state index contributed by atoms with van der Waals surface area (Å²) in [5, 5.41) is 3.21. The summed E-state index contributed by atoms with van der Waals surface area (Å²) in [6.07, 6.45) is 2.04. The van der Waals surface area contributed by atoms with Gasteiger partial charge in [-0.2, -0.15) is 4.99 Å². The van der Waals surface area contributed by atoms with E-state index in [1.807, 2.05) is 24.5 Å². The van der Waals surface area contributed by atoms with Gasteiger partial charge in [0.15, 0.2) is 5.69 Å². The lowest BCUT2D eigenvalue weighted by Gasteiger charge is -1.89. The highest BCUT2D eigenvalue weighted by Gasteiger charge is 2.16. The van der Waals surface area contributed by atoms with Crippen LogP contribution in [0.5, 0.6) is 0 Å². The zero-order valence-corrected chi connectivity index (χ0v) is 7.06. The Morgan fingerprint density at radius 2 is 2.18 bits per heavy atom. The van der Waals surface area contributed by atoms with Gasteiger partial charge in [-0.15, -0.1) is 0 Å². The minimum Gasteiger partial charge on any atom is -0.257 e. The maximum atomic E-state index is 4.39. The number of para-hydroxylation sites is 2. The van der Waals surface area contributed by atoms with Gasteiger partial charge in [0.2, 0.25) is 0 Å². The molecule has 3 heteroatoms. The molecule has 2 nitrogen and oxygen atoms in total. The molecule has 11 heavy (non-hydrogen) atoms. The fourth-order valence-corrected chi connectivity index (χ4v) is 1.53. The number of benzene rings is 1. The Kier molecular flexibility index (Phi) is 1.68. The van der Waals surface area contributed by atoms with E-state index in [0.29, 0.717) is 0 Å². The fraction of sp³-hybridized carbons (Fsp3) is 0.125. The van der Waals surface area contributed by atoms with Gasteiger partial charge < -0.3 is 0 Å². The summed E-state index contributed by atoms with van der Waals surface area (Å²) in [5.74, 6) is 0. The summed E-state index contributed by atoms with van der Waals surface area (Å²) in [6, 6.07) is 8.17. The molecule has 0 saturated carbocycles. The molecule has 0 aliphatic carbocycles. The predicted octanol–water partition coefficient (Wildman–Crippen LogP) is 1.25. The topological polar surface area (TPSA) is 29.0 Å². The van der Waals surface area contributed by atoms with E-state index in [1.165, 1.54) is 5.69 Å². The van der Waals surface area contributed by atoms with E-state index in [4.69, 9.17) is 0 Å². The molecule has 0 fully saturated rings. The smallest absolute Gasteiger partial charge is 0.257 e. The van der Waals surface area contributed by atoms with Crippen molar-refractivity contribution < 1.29 is 5.32 Å². The van der Waals surface area contributed by atoms with Crippen LogP contribution in [-0.4, -0.2) is 11.4 Å². The largest absolute Gasteiger partial charge is 0.265 e. The van der Waals surface area contributed by atoms with Gasteiger partial charge in [-0.3, -0.25) is 5.32 Å². The molecule has 1 heterocycles. The van der Waals surface area contributed by atoms with Crippen molar-refractivity contribution in [3.05, 3.63) is 24.3 Å². The number of nitrogens with two attached hydrogens (primary N) is 1. The lowest BCUT2D eigenvalue weighted by Crippen LogP contribution is -2.79. The van der Waals surface area contributed by atoms with Crippen LogP contribution >= 0.6 is 11.8 Å². The van der Waals surface area contributed by atoms with E-state index in [9.17, 15) is 0 Å². The predicted molar refractivity (Wildman–Crippen MR) is 48.6 cm³/mol. The number of nitrogens with zero attached hydrogens (tertiary/aromatic N) is 1. The zero-order chi connectivity index (χ0) is 7.68. The Morgan fingerprint density at radius 3 is 2.91 bits per heavy atom. The molecule has 56 valence electrons. The second kappa shape index (κ2) is 2.68. The first-order valence-electron chi connectivity index (χ1n) is 3.46. The van der Waals surface area contributed by atoms with Crippen molar-refractivity contribution in [2.24, 2.45) is 4.99 Å². The molecule has 1 aliphatic heterocycles. The maximum absolute atomic E-state index is 4.39. The van der Waals surface area contributed by atoms with Crippen molar-refractivity contribution in [1.29, 1.82) is 0 Å². The minimum atomic E-state index is 1.09. The molecule has 1 aromatic rings. The Balaban J connectivity index is 2.39. The van der Waals surface area contributed by atoms with E-state index in [1.54, 1.807) is 11.8 Å². The molecule has 0 aromatic heterocycles. The van der Waals surface area contributed by atoms with Crippen molar-refractivity contribution in [3.63, 3.8) is 0 Å². The van der Waals surface area contributed by atoms with E-state index in [-0.39, 0.29) is 0 Å². The Labute approximate surface area is 69.7 Å². The maximum Gasteiger partial charge on any atom is 0.265 e. The highest BCUT2D eigenvalue weighted by Crippen LogP contribution is 2.24. The van der Waals surface area contributed by atoms with Gasteiger partial charge in [0, 0.05) is 6.07 Å². The zero-order valence-electron chi connectivity index (χ0n) is 6.24. The molecule has 0 bridgehead atoms. The average Bonchev–Trinajstić information content (AvgIpc) is 2.46. The van der Waals surface area contributed by atoms with Crippen LogP contribution in [0.3, 0.4) is 0 Å². The molecule has 2 N–H and O–H groups in total. The summed E-state index contributed by atoms with van der Waals surface area (Å²) in [5.41, 5.74) is 2.33. The second-order valence-electron chi connectivity index (χ2n) is 2.36. The van der Waals surface area contributed by atoms with E-state index in [2.05, 4.69) is 16.4 Å². The number of quaternary nitrogens is 1. The molecule has 0 atom stereocenters. The number of thioether (sulfide) groups is 1. The summed E-state index contributed by atoms with van der Waals surface area (Å²) < 4.78 is 0. The third kappa shape index (κ3) is 1.17. The number of fused-ring (bicyclic) bond motifs is 1. The van der Waals surface area contributed by atoms with Gasteiger partial charge in [-0.05, 0) is 24.1 Å². The van der Waals surface area contributed by atoms with Crippen molar-refractivity contribution >= 4 is 28.3 Å². The molecule has 0 radical (unpaired) electrons. The van der Waals surface area contributed by atoms with Crippen molar-refractivity contribution in [2.45, 2.75) is 0 Å².